The first kappa shape index (κ1) is 26.2. The number of nitrogens with one attached hydrogen (secondary N) is 1. The van der Waals surface area contributed by atoms with Crippen LogP contribution in [0.2, 0.25) is 5.02 Å². The van der Waals surface area contributed by atoms with Gasteiger partial charge in [-0.15, -0.1) is 0 Å². The molecule has 37 heavy (non-hydrogen) atoms. The van der Waals surface area contributed by atoms with Crippen LogP contribution in [0.4, 0.5) is 20.7 Å². The zero-order valence-corrected chi connectivity index (χ0v) is 21.4. The Morgan fingerprint density at radius 3 is 2.65 bits per heavy atom. The second kappa shape index (κ2) is 10.3. The predicted molar refractivity (Wildman–Crippen MR) is 134 cm³/mol. The lowest BCUT2D eigenvalue weighted by molar-refractivity contribution is -0.142. The van der Waals surface area contributed by atoms with E-state index in [0.29, 0.717) is 22.5 Å². The number of carbonyl (C=O) groups is 2. The monoisotopic (exact) mass is 532 g/mol. The lowest BCUT2D eigenvalue weighted by Crippen LogP contribution is -2.43. The van der Waals surface area contributed by atoms with Crippen molar-refractivity contribution in [2.24, 2.45) is 0 Å². The second-order valence-corrected chi connectivity index (χ2v) is 9.84. The third-order valence-electron chi connectivity index (χ3n) is 5.59. The zero-order chi connectivity index (χ0) is 26.9. The van der Waals surface area contributed by atoms with Gasteiger partial charge in [0.15, 0.2) is 17.3 Å². The molecule has 2 heterocycles. The number of anilines is 2. The van der Waals surface area contributed by atoms with E-state index in [0.717, 1.165) is 4.90 Å². The normalized spacial score (nSPS) is 17.5. The van der Waals surface area contributed by atoms with E-state index in [2.05, 4.69) is 15.3 Å². The van der Waals surface area contributed by atoms with Crippen LogP contribution < -0.4 is 14.8 Å². The van der Waals surface area contributed by atoms with Crippen LogP contribution in [0.15, 0.2) is 36.7 Å². The maximum atomic E-state index is 14.5. The molecule has 4 rings (SSSR count). The highest BCUT2D eigenvalue weighted by molar-refractivity contribution is 6.31. The SMILES string of the molecule is COc1cc2ncnc(Nc3cccc(Cl)c3F)c2cc1OC1CC(C(=O)O)N(C(=O)OC(C)(C)C)C1. The molecule has 0 radical (unpaired) electrons. The number of nitrogens with zero attached hydrogens (tertiary/aromatic N) is 3. The number of hydrogen-bond acceptors (Lipinski definition) is 8. The Kier molecular flexibility index (Phi) is 7.26. The maximum Gasteiger partial charge on any atom is 0.411 e. The number of methoxy groups -OCH3 is 1. The van der Waals surface area contributed by atoms with Gasteiger partial charge < -0.3 is 24.6 Å². The minimum atomic E-state index is -1.16. The minimum Gasteiger partial charge on any atom is -0.493 e. The summed E-state index contributed by atoms with van der Waals surface area (Å²) >= 11 is 5.90. The van der Waals surface area contributed by atoms with Crippen molar-refractivity contribution in [2.75, 3.05) is 19.0 Å². The molecule has 0 bridgehead atoms. The summed E-state index contributed by atoms with van der Waals surface area (Å²) in [6.45, 7) is 5.10. The van der Waals surface area contributed by atoms with Gasteiger partial charge in [0.25, 0.3) is 0 Å². The molecule has 2 aromatic carbocycles. The minimum absolute atomic E-state index is 0.00278. The van der Waals surface area contributed by atoms with Crippen molar-refractivity contribution in [3.63, 3.8) is 0 Å². The number of rotatable bonds is 6. The molecular formula is C25H26ClFN4O6. The van der Waals surface area contributed by atoms with Crippen LogP contribution >= 0.6 is 11.6 Å². The Morgan fingerprint density at radius 1 is 1.22 bits per heavy atom. The molecule has 10 nitrogen and oxygen atoms in total. The number of aromatic nitrogens is 2. The topological polar surface area (TPSA) is 123 Å². The van der Waals surface area contributed by atoms with Crippen LogP contribution in [0.5, 0.6) is 11.5 Å². The Bertz CT molecular complexity index is 1350. The van der Waals surface area contributed by atoms with Crippen LogP contribution in [0.25, 0.3) is 10.9 Å². The number of amides is 1. The number of likely N-dealkylation sites (tertiary alicyclic amines) is 1. The van der Waals surface area contributed by atoms with Gasteiger partial charge in [-0.2, -0.15) is 0 Å². The molecule has 1 fully saturated rings. The number of fused-ring (bicyclic) bond motifs is 1. The molecule has 196 valence electrons. The van der Waals surface area contributed by atoms with Gasteiger partial charge in [0.1, 0.15) is 29.9 Å². The average Bonchev–Trinajstić information content (AvgIpc) is 3.25. The second-order valence-electron chi connectivity index (χ2n) is 9.43. The summed E-state index contributed by atoms with van der Waals surface area (Å²) in [7, 11) is 1.46. The maximum absolute atomic E-state index is 14.5. The van der Waals surface area contributed by atoms with Crippen molar-refractivity contribution in [3.8, 4) is 11.5 Å². The summed E-state index contributed by atoms with van der Waals surface area (Å²) in [4.78, 5) is 34.1. The van der Waals surface area contributed by atoms with E-state index in [9.17, 15) is 19.1 Å². The van der Waals surface area contributed by atoms with Crippen molar-refractivity contribution < 1.29 is 33.3 Å². The van der Waals surface area contributed by atoms with E-state index in [4.69, 9.17) is 25.8 Å². The van der Waals surface area contributed by atoms with Gasteiger partial charge in [0.2, 0.25) is 0 Å². The molecule has 3 aromatic rings. The van der Waals surface area contributed by atoms with Crippen LogP contribution in [0.1, 0.15) is 27.2 Å². The average molecular weight is 533 g/mol. The number of ether oxygens (including phenoxy) is 3. The number of carboxylic acid groups (broad SMARTS) is 1. The number of benzene rings is 2. The number of carbonyl (C=O) groups excluding carboxylic acids is 1. The molecule has 1 aliphatic heterocycles. The third kappa shape index (κ3) is 5.77. The molecule has 1 saturated heterocycles. The molecule has 1 aliphatic rings. The Hall–Kier alpha value is -3.86. The molecule has 0 saturated carbocycles. The lowest BCUT2D eigenvalue weighted by atomic mass is 10.1. The van der Waals surface area contributed by atoms with Crippen molar-refractivity contribution in [2.45, 2.75) is 44.9 Å². The highest BCUT2D eigenvalue weighted by Crippen LogP contribution is 2.37. The van der Waals surface area contributed by atoms with E-state index in [-0.39, 0.29) is 29.4 Å². The fourth-order valence-corrected chi connectivity index (χ4v) is 4.14. The summed E-state index contributed by atoms with van der Waals surface area (Å²) in [6.07, 6.45) is -0.0357. The molecular weight excluding hydrogens is 507 g/mol. The van der Waals surface area contributed by atoms with E-state index in [1.54, 1.807) is 39.0 Å². The summed E-state index contributed by atoms with van der Waals surface area (Å²) in [6, 6.07) is 6.68. The quantitative estimate of drug-likeness (QED) is 0.450. The first-order valence-electron chi connectivity index (χ1n) is 11.4. The highest BCUT2D eigenvalue weighted by atomic mass is 35.5. The van der Waals surface area contributed by atoms with Crippen molar-refractivity contribution >= 4 is 46.1 Å². The predicted octanol–water partition coefficient (Wildman–Crippen LogP) is 5.02. The number of halogens is 2. The van der Waals surface area contributed by atoms with E-state index in [1.807, 2.05) is 0 Å². The van der Waals surface area contributed by atoms with Gasteiger partial charge in [0.05, 0.1) is 29.9 Å². The Labute approximate surface area is 217 Å². The summed E-state index contributed by atoms with van der Waals surface area (Å²) in [5.41, 5.74) is -0.166. The summed E-state index contributed by atoms with van der Waals surface area (Å²) in [5, 5.41) is 13.1. The fourth-order valence-electron chi connectivity index (χ4n) is 3.96. The van der Waals surface area contributed by atoms with Gasteiger partial charge in [-0.05, 0) is 39.0 Å². The van der Waals surface area contributed by atoms with Crippen molar-refractivity contribution in [1.29, 1.82) is 0 Å². The van der Waals surface area contributed by atoms with E-state index in [1.165, 1.54) is 25.6 Å². The molecule has 2 atom stereocenters. The first-order chi connectivity index (χ1) is 17.5. The molecule has 0 aliphatic carbocycles. The van der Waals surface area contributed by atoms with Gasteiger partial charge >= 0.3 is 12.1 Å². The molecule has 12 heteroatoms. The van der Waals surface area contributed by atoms with Crippen molar-refractivity contribution in [3.05, 3.63) is 47.5 Å². The third-order valence-corrected chi connectivity index (χ3v) is 5.89. The molecule has 1 amide bonds. The zero-order valence-electron chi connectivity index (χ0n) is 20.6. The first-order valence-corrected chi connectivity index (χ1v) is 11.8. The van der Waals surface area contributed by atoms with E-state index >= 15 is 0 Å². The van der Waals surface area contributed by atoms with Gasteiger partial charge in [0, 0.05) is 17.9 Å². The van der Waals surface area contributed by atoms with Gasteiger partial charge in [-0.25, -0.2) is 23.9 Å². The van der Waals surface area contributed by atoms with Gasteiger partial charge in [-0.1, -0.05) is 17.7 Å². The fraction of sp³-hybridized carbons (Fsp3) is 0.360. The number of carboxylic acids is 1. The summed E-state index contributed by atoms with van der Waals surface area (Å²) < 4.78 is 31.5. The van der Waals surface area contributed by atoms with Crippen LogP contribution in [-0.2, 0) is 9.53 Å². The molecule has 2 N–H and O–H groups in total. The standard InChI is InChI=1S/C25H26ClFN4O6/c1-25(2,3)37-24(34)31-11-13(8-18(31)23(32)33)36-20-9-14-17(10-19(20)35-4)28-12-29-22(14)30-16-7-5-6-15(26)21(16)27/h5-7,9-10,12-13,18H,8,11H2,1-4H3,(H,32,33)(H,28,29,30). The van der Waals surface area contributed by atoms with Crippen LogP contribution in [0.3, 0.4) is 0 Å². The van der Waals surface area contributed by atoms with Crippen molar-refractivity contribution in [1.82, 2.24) is 14.9 Å². The lowest BCUT2D eigenvalue weighted by Gasteiger charge is -2.26. The van der Waals surface area contributed by atoms with E-state index < -0.39 is 35.6 Å². The largest absolute Gasteiger partial charge is 0.493 e. The number of aliphatic carboxylic acids is 1. The van der Waals surface area contributed by atoms with Crippen LogP contribution in [-0.4, -0.2) is 63.4 Å². The Morgan fingerprint density at radius 2 is 1.97 bits per heavy atom. The van der Waals surface area contributed by atoms with Gasteiger partial charge in [-0.3, -0.25) is 4.90 Å². The molecule has 1 aromatic heterocycles. The smallest absolute Gasteiger partial charge is 0.411 e. The highest BCUT2D eigenvalue weighted by Gasteiger charge is 2.43. The number of hydrogen-bond donors (Lipinski definition) is 2. The molecule has 2 unspecified atom stereocenters. The summed E-state index contributed by atoms with van der Waals surface area (Å²) in [5.74, 6) is -0.878. The van der Waals surface area contributed by atoms with Crippen LogP contribution in [0, 0.1) is 5.82 Å². The molecule has 0 spiro atoms. The Balaban J connectivity index is 1.64.